The van der Waals surface area contributed by atoms with E-state index in [1.54, 1.807) is 0 Å². The summed E-state index contributed by atoms with van der Waals surface area (Å²) in [4.78, 5) is -0.736. The smallest absolute Gasteiger partial charge is 0.380 e. The van der Waals surface area contributed by atoms with Gasteiger partial charge in [0.05, 0.1) is 4.90 Å². The summed E-state index contributed by atoms with van der Waals surface area (Å²) < 4.78 is 59.7. The summed E-state index contributed by atoms with van der Waals surface area (Å²) in [5, 5.41) is 3.22. The molecule has 0 radical (unpaired) electrons. The van der Waals surface area contributed by atoms with Crippen molar-refractivity contribution in [2.45, 2.75) is 42.6 Å². The summed E-state index contributed by atoms with van der Waals surface area (Å²) in [5.41, 5.74) is -4.80. The van der Waals surface area contributed by atoms with Crippen molar-refractivity contribution in [1.29, 1.82) is 0 Å². The van der Waals surface area contributed by atoms with Gasteiger partial charge in [-0.2, -0.15) is 13.2 Å². The van der Waals surface area contributed by atoms with E-state index in [1.165, 1.54) is 12.1 Å². The molecule has 1 aliphatic rings. The molecule has 0 spiro atoms. The molecule has 1 aromatic rings. The van der Waals surface area contributed by atoms with E-state index in [0.29, 0.717) is 11.6 Å². The van der Waals surface area contributed by atoms with Gasteiger partial charge in [-0.25, -0.2) is 8.42 Å². The number of sulfone groups is 1. The van der Waals surface area contributed by atoms with Crippen LogP contribution in [0.25, 0.3) is 0 Å². The minimum absolute atomic E-state index is 0.148. The van der Waals surface area contributed by atoms with Crippen LogP contribution in [-0.4, -0.2) is 19.5 Å². The van der Waals surface area contributed by atoms with Crippen molar-refractivity contribution in [3.05, 3.63) is 24.3 Å². The van der Waals surface area contributed by atoms with Gasteiger partial charge in [-0.1, -0.05) is 0 Å². The lowest BCUT2D eigenvalue weighted by Gasteiger charge is -2.27. The minimum Gasteiger partial charge on any atom is -0.380 e. The zero-order chi connectivity index (χ0) is 15.2. The topological polar surface area (TPSA) is 46.2 Å². The van der Waals surface area contributed by atoms with Crippen molar-refractivity contribution >= 4 is 15.5 Å². The predicted octanol–water partition coefficient (Wildman–Crippen LogP) is 3.58. The van der Waals surface area contributed by atoms with E-state index in [0.717, 1.165) is 25.0 Å². The van der Waals surface area contributed by atoms with Crippen LogP contribution >= 0.6 is 0 Å². The van der Waals surface area contributed by atoms with Crippen molar-refractivity contribution in [2.75, 3.05) is 5.32 Å². The first-order chi connectivity index (χ1) is 9.04. The second kappa shape index (κ2) is 4.65. The number of nitrogens with one attached hydrogen (secondary N) is 1. The number of hydrogen-bond donors (Lipinski definition) is 1. The second-order valence-electron chi connectivity index (χ2n) is 5.59. The van der Waals surface area contributed by atoms with Gasteiger partial charge < -0.3 is 5.32 Å². The molecule has 7 heteroatoms. The maximum Gasteiger partial charge on any atom is 0.501 e. The second-order valence-corrected chi connectivity index (χ2v) is 7.54. The molecule has 0 aliphatic heterocycles. The summed E-state index contributed by atoms with van der Waals surface area (Å²) in [6.45, 7) is 4.04. The van der Waals surface area contributed by atoms with Crippen molar-refractivity contribution < 1.29 is 21.6 Å². The van der Waals surface area contributed by atoms with Crippen LogP contribution in [0.2, 0.25) is 0 Å². The fraction of sp³-hybridized carbons (Fsp3) is 0.538. The first-order valence-electron chi connectivity index (χ1n) is 6.24. The maximum atomic E-state index is 12.4. The molecule has 0 saturated heterocycles. The number of alkyl halides is 3. The average Bonchev–Trinajstić information content (AvgIpc) is 3.11. The molecule has 1 saturated carbocycles. The lowest BCUT2D eigenvalue weighted by molar-refractivity contribution is -0.0436. The summed E-state index contributed by atoms with van der Waals surface area (Å²) in [7, 11) is -5.27. The quantitative estimate of drug-likeness (QED) is 0.925. The fourth-order valence-corrected chi connectivity index (χ4v) is 2.89. The van der Waals surface area contributed by atoms with Crippen molar-refractivity contribution in [3.8, 4) is 0 Å². The average molecular weight is 307 g/mol. The Morgan fingerprint density at radius 1 is 1.10 bits per heavy atom. The van der Waals surface area contributed by atoms with Gasteiger partial charge in [0, 0.05) is 11.2 Å². The molecule has 2 rings (SSSR count). The zero-order valence-corrected chi connectivity index (χ0v) is 12.0. The first kappa shape index (κ1) is 15.2. The van der Waals surface area contributed by atoms with Crippen LogP contribution in [0.1, 0.15) is 26.7 Å². The highest BCUT2D eigenvalue weighted by Crippen LogP contribution is 2.41. The Morgan fingerprint density at radius 2 is 1.60 bits per heavy atom. The van der Waals surface area contributed by atoms with Crippen LogP contribution in [-0.2, 0) is 9.84 Å². The van der Waals surface area contributed by atoms with E-state index in [2.05, 4.69) is 5.32 Å². The predicted molar refractivity (Wildman–Crippen MR) is 70.1 cm³/mol. The van der Waals surface area contributed by atoms with E-state index in [9.17, 15) is 21.6 Å². The van der Waals surface area contributed by atoms with E-state index in [1.807, 2.05) is 13.8 Å². The van der Waals surface area contributed by atoms with Crippen LogP contribution in [0.15, 0.2) is 29.2 Å². The van der Waals surface area contributed by atoms with Gasteiger partial charge in [0.25, 0.3) is 9.84 Å². The highest BCUT2D eigenvalue weighted by atomic mass is 32.2. The molecule has 0 aromatic heterocycles. The summed E-state index contributed by atoms with van der Waals surface area (Å²) >= 11 is 0. The van der Waals surface area contributed by atoms with Gasteiger partial charge >= 0.3 is 5.51 Å². The Balaban J connectivity index is 2.19. The number of rotatable bonds is 4. The van der Waals surface area contributed by atoms with Crippen LogP contribution in [0, 0.1) is 5.92 Å². The van der Waals surface area contributed by atoms with Gasteiger partial charge in [0.2, 0.25) is 0 Å². The Hall–Kier alpha value is -1.24. The molecule has 0 unspecified atom stereocenters. The number of anilines is 1. The minimum atomic E-state index is -5.27. The third-order valence-electron chi connectivity index (χ3n) is 3.53. The molecule has 0 heterocycles. The van der Waals surface area contributed by atoms with Gasteiger partial charge in [-0.05, 0) is 56.9 Å². The molecule has 1 N–H and O–H groups in total. The summed E-state index contributed by atoms with van der Waals surface area (Å²) in [6, 6.07) is 4.69. The Labute approximate surface area is 116 Å². The van der Waals surface area contributed by atoms with E-state index in [-0.39, 0.29) is 5.54 Å². The fourth-order valence-electron chi connectivity index (χ4n) is 2.13. The van der Waals surface area contributed by atoms with Crippen molar-refractivity contribution in [2.24, 2.45) is 5.92 Å². The van der Waals surface area contributed by atoms with Gasteiger partial charge in [-0.3, -0.25) is 0 Å². The highest BCUT2D eigenvalue weighted by Gasteiger charge is 2.46. The molecular weight excluding hydrogens is 291 g/mol. The molecule has 1 fully saturated rings. The van der Waals surface area contributed by atoms with Crippen molar-refractivity contribution in [1.82, 2.24) is 0 Å². The summed E-state index contributed by atoms with van der Waals surface area (Å²) in [5.74, 6) is 0.543. The molecule has 0 amide bonds. The van der Waals surface area contributed by atoms with Crippen molar-refractivity contribution in [3.63, 3.8) is 0 Å². The van der Waals surface area contributed by atoms with Gasteiger partial charge in [0.1, 0.15) is 0 Å². The monoisotopic (exact) mass is 307 g/mol. The third kappa shape index (κ3) is 2.92. The van der Waals surface area contributed by atoms with E-state index < -0.39 is 20.2 Å². The molecule has 1 aromatic carbocycles. The van der Waals surface area contributed by atoms with E-state index in [4.69, 9.17) is 0 Å². The molecule has 1 aliphatic carbocycles. The van der Waals surface area contributed by atoms with Crippen LogP contribution in [0.5, 0.6) is 0 Å². The van der Waals surface area contributed by atoms with E-state index >= 15 is 0 Å². The molecule has 3 nitrogen and oxygen atoms in total. The summed E-state index contributed by atoms with van der Waals surface area (Å²) in [6.07, 6.45) is 2.25. The van der Waals surface area contributed by atoms with Crippen LogP contribution < -0.4 is 5.32 Å². The Morgan fingerprint density at radius 3 is 2.00 bits per heavy atom. The lowest BCUT2D eigenvalue weighted by Crippen LogP contribution is -2.33. The third-order valence-corrected chi connectivity index (χ3v) is 5.04. The molecule has 0 atom stereocenters. The molecular formula is C13H16F3NO2S. The normalized spacial score (nSPS) is 17.1. The lowest BCUT2D eigenvalue weighted by atomic mass is 9.98. The van der Waals surface area contributed by atoms with Crippen LogP contribution in [0.3, 0.4) is 0 Å². The highest BCUT2D eigenvalue weighted by molar-refractivity contribution is 7.92. The molecule has 112 valence electrons. The maximum absolute atomic E-state index is 12.4. The number of benzene rings is 1. The Kier molecular flexibility index (Phi) is 3.52. The Bertz CT molecular complexity index is 587. The molecule has 20 heavy (non-hydrogen) atoms. The number of halogens is 3. The standard InChI is InChI=1S/C13H16F3NO2S/c1-12(2,9-3-4-9)17-10-5-7-11(8-6-10)20(18,19)13(14,15)16/h5-9,17H,3-4H2,1-2H3. The number of hydrogen-bond acceptors (Lipinski definition) is 3. The van der Waals surface area contributed by atoms with Gasteiger partial charge in [0.15, 0.2) is 0 Å². The first-order valence-corrected chi connectivity index (χ1v) is 7.72. The van der Waals surface area contributed by atoms with Gasteiger partial charge in [-0.15, -0.1) is 0 Å². The SMILES string of the molecule is CC(C)(Nc1ccc(S(=O)(=O)C(F)(F)F)cc1)C1CC1. The zero-order valence-electron chi connectivity index (χ0n) is 11.2. The largest absolute Gasteiger partial charge is 0.501 e. The van der Waals surface area contributed by atoms with Crippen LogP contribution in [0.4, 0.5) is 18.9 Å². The molecule has 0 bridgehead atoms.